The van der Waals surface area contributed by atoms with Crippen LogP contribution in [-0.4, -0.2) is 23.4 Å². The van der Waals surface area contributed by atoms with E-state index < -0.39 is 0 Å². The maximum absolute atomic E-state index is 10.8. The Morgan fingerprint density at radius 1 is 1.50 bits per heavy atom. The molecule has 1 aromatic carbocycles. The summed E-state index contributed by atoms with van der Waals surface area (Å²) in [5.74, 6) is 0.743. The van der Waals surface area contributed by atoms with Gasteiger partial charge < -0.3 is 9.72 Å². The van der Waals surface area contributed by atoms with Gasteiger partial charge in [0.2, 0.25) is 0 Å². The number of H-pyrrole nitrogens is 1. The van der Waals surface area contributed by atoms with E-state index >= 15 is 0 Å². The maximum Gasteiger partial charge on any atom is 0.168 e. The minimum absolute atomic E-state index is 0.470. The fourth-order valence-corrected chi connectivity index (χ4v) is 1.98. The number of carbonyl (C=O) groups is 1. The molecular formula is C11H9BrN2O2. The van der Waals surface area contributed by atoms with Gasteiger partial charge in [-0.2, -0.15) is 0 Å². The first kappa shape index (κ1) is 10.9. The van der Waals surface area contributed by atoms with Crippen LogP contribution in [0.4, 0.5) is 0 Å². The normalized spacial score (nSPS) is 10.1. The van der Waals surface area contributed by atoms with Crippen molar-refractivity contribution in [2.75, 3.05) is 7.11 Å². The Bertz CT molecular complexity index is 522. The standard InChI is InChI=1S/C11H9BrN2O2/c1-16-10-3-2-7(4-8(10)12)11-9(5-15)13-6-14-11/h2-6H,1H3,(H,13,14). The van der Waals surface area contributed by atoms with Crippen LogP contribution in [-0.2, 0) is 0 Å². The molecule has 5 heteroatoms. The molecule has 0 bridgehead atoms. The van der Waals surface area contributed by atoms with Gasteiger partial charge in [0, 0.05) is 5.56 Å². The van der Waals surface area contributed by atoms with Crippen LogP contribution >= 0.6 is 15.9 Å². The molecule has 0 aliphatic rings. The van der Waals surface area contributed by atoms with Gasteiger partial charge in [-0.05, 0) is 34.1 Å². The summed E-state index contributed by atoms with van der Waals surface area (Å²) in [7, 11) is 1.60. The summed E-state index contributed by atoms with van der Waals surface area (Å²) in [5, 5.41) is 0. The smallest absolute Gasteiger partial charge is 0.168 e. The zero-order valence-corrected chi connectivity index (χ0v) is 10.1. The highest BCUT2D eigenvalue weighted by Crippen LogP contribution is 2.30. The van der Waals surface area contributed by atoms with E-state index in [1.165, 1.54) is 6.33 Å². The van der Waals surface area contributed by atoms with Crippen molar-refractivity contribution in [2.45, 2.75) is 0 Å². The number of hydrogen-bond acceptors (Lipinski definition) is 3. The molecule has 1 N–H and O–H groups in total. The Hall–Kier alpha value is -1.62. The summed E-state index contributed by atoms with van der Waals surface area (Å²) in [4.78, 5) is 17.6. The van der Waals surface area contributed by atoms with Crippen molar-refractivity contribution >= 4 is 22.2 Å². The Kier molecular flexibility index (Phi) is 3.05. The number of imidazole rings is 1. The number of nitrogens with zero attached hydrogens (tertiary/aromatic N) is 1. The number of hydrogen-bond donors (Lipinski definition) is 1. The van der Waals surface area contributed by atoms with E-state index in [0.29, 0.717) is 11.4 Å². The minimum Gasteiger partial charge on any atom is -0.496 e. The summed E-state index contributed by atoms with van der Waals surface area (Å²) in [5.41, 5.74) is 1.96. The quantitative estimate of drug-likeness (QED) is 0.880. The lowest BCUT2D eigenvalue weighted by Crippen LogP contribution is -1.88. The van der Waals surface area contributed by atoms with Gasteiger partial charge >= 0.3 is 0 Å². The molecule has 0 saturated heterocycles. The Labute approximate surface area is 101 Å². The molecule has 0 atom stereocenters. The van der Waals surface area contributed by atoms with Crippen LogP contribution in [0.1, 0.15) is 10.5 Å². The van der Waals surface area contributed by atoms with E-state index in [-0.39, 0.29) is 0 Å². The van der Waals surface area contributed by atoms with Crippen molar-refractivity contribution < 1.29 is 9.53 Å². The van der Waals surface area contributed by atoms with Crippen molar-refractivity contribution in [1.82, 2.24) is 9.97 Å². The summed E-state index contributed by atoms with van der Waals surface area (Å²) in [6.45, 7) is 0. The van der Waals surface area contributed by atoms with Crippen molar-refractivity contribution in [2.24, 2.45) is 0 Å². The van der Waals surface area contributed by atoms with Gasteiger partial charge in [-0.15, -0.1) is 0 Å². The number of aromatic amines is 1. The van der Waals surface area contributed by atoms with Gasteiger partial charge in [-0.25, -0.2) is 4.98 Å². The molecule has 0 amide bonds. The average Bonchev–Trinajstić information content (AvgIpc) is 2.77. The van der Waals surface area contributed by atoms with E-state index in [2.05, 4.69) is 25.9 Å². The van der Waals surface area contributed by atoms with Crippen LogP contribution in [0.5, 0.6) is 5.75 Å². The van der Waals surface area contributed by atoms with Crippen LogP contribution in [0.2, 0.25) is 0 Å². The molecule has 16 heavy (non-hydrogen) atoms. The zero-order valence-electron chi connectivity index (χ0n) is 8.53. The SMILES string of the molecule is COc1ccc(-c2nc[nH]c2C=O)cc1Br. The second-order valence-electron chi connectivity index (χ2n) is 3.13. The first-order chi connectivity index (χ1) is 7.76. The third-order valence-electron chi connectivity index (χ3n) is 2.21. The molecule has 0 saturated carbocycles. The molecular weight excluding hydrogens is 272 g/mol. The average molecular weight is 281 g/mol. The number of aldehydes is 1. The van der Waals surface area contributed by atoms with Gasteiger partial charge in [0.25, 0.3) is 0 Å². The lowest BCUT2D eigenvalue weighted by Gasteiger charge is -2.04. The summed E-state index contributed by atoms with van der Waals surface area (Å²) >= 11 is 3.39. The van der Waals surface area contributed by atoms with Crippen molar-refractivity contribution in [1.29, 1.82) is 0 Å². The number of halogens is 1. The lowest BCUT2D eigenvalue weighted by atomic mass is 10.1. The molecule has 0 aliphatic carbocycles. The van der Waals surface area contributed by atoms with Crippen LogP contribution in [0.3, 0.4) is 0 Å². The van der Waals surface area contributed by atoms with Crippen LogP contribution < -0.4 is 4.74 Å². The summed E-state index contributed by atoms with van der Waals surface area (Å²) in [6, 6.07) is 5.54. The number of ether oxygens (including phenoxy) is 1. The third-order valence-corrected chi connectivity index (χ3v) is 2.83. The van der Waals surface area contributed by atoms with Gasteiger partial charge in [0.1, 0.15) is 11.4 Å². The summed E-state index contributed by atoms with van der Waals surface area (Å²) < 4.78 is 5.96. The van der Waals surface area contributed by atoms with Crippen molar-refractivity contribution in [3.8, 4) is 17.0 Å². The monoisotopic (exact) mass is 280 g/mol. The van der Waals surface area contributed by atoms with E-state index in [1.54, 1.807) is 7.11 Å². The Morgan fingerprint density at radius 3 is 2.94 bits per heavy atom. The zero-order chi connectivity index (χ0) is 11.5. The van der Waals surface area contributed by atoms with Gasteiger partial charge in [0.15, 0.2) is 6.29 Å². The number of nitrogens with one attached hydrogen (secondary N) is 1. The number of carbonyl (C=O) groups excluding carboxylic acids is 1. The molecule has 1 aromatic heterocycles. The molecule has 0 unspecified atom stereocenters. The van der Waals surface area contributed by atoms with Gasteiger partial charge in [-0.3, -0.25) is 4.79 Å². The van der Waals surface area contributed by atoms with Crippen molar-refractivity contribution in [3.63, 3.8) is 0 Å². The summed E-state index contributed by atoms with van der Waals surface area (Å²) in [6.07, 6.45) is 2.25. The Balaban J connectivity index is 2.49. The largest absolute Gasteiger partial charge is 0.496 e. The number of rotatable bonds is 3. The highest BCUT2D eigenvalue weighted by Gasteiger charge is 2.09. The van der Waals surface area contributed by atoms with Gasteiger partial charge in [-0.1, -0.05) is 0 Å². The number of benzene rings is 1. The van der Waals surface area contributed by atoms with Crippen LogP contribution in [0, 0.1) is 0 Å². The fraction of sp³-hybridized carbons (Fsp3) is 0.0909. The Morgan fingerprint density at radius 2 is 2.31 bits per heavy atom. The fourth-order valence-electron chi connectivity index (χ4n) is 1.44. The molecule has 0 radical (unpaired) electrons. The van der Waals surface area contributed by atoms with Crippen molar-refractivity contribution in [3.05, 3.63) is 34.7 Å². The lowest BCUT2D eigenvalue weighted by molar-refractivity contribution is 0.112. The predicted molar refractivity (Wildman–Crippen MR) is 63.7 cm³/mol. The minimum atomic E-state index is 0.470. The molecule has 0 fully saturated rings. The molecule has 0 spiro atoms. The topological polar surface area (TPSA) is 55.0 Å². The second-order valence-corrected chi connectivity index (χ2v) is 3.99. The van der Waals surface area contributed by atoms with Crippen LogP contribution in [0.25, 0.3) is 11.3 Å². The first-order valence-corrected chi connectivity index (χ1v) is 5.38. The van der Waals surface area contributed by atoms with E-state index in [0.717, 1.165) is 22.1 Å². The van der Waals surface area contributed by atoms with E-state index in [4.69, 9.17) is 4.74 Å². The highest BCUT2D eigenvalue weighted by atomic mass is 79.9. The number of aromatic nitrogens is 2. The molecule has 2 rings (SSSR count). The first-order valence-electron chi connectivity index (χ1n) is 4.58. The molecule has 0 aliphatic heterocycles. The van der Waals surface area contributed by atoms with Crippen LogP contribution in [0.15, 0.2) is 29.0 Å². The number of methoxy groups -OCH3 is 1. The highest BCUT2D eigenvalue weighted by molar-refractivity contribution is 9.10. The predicted octanol–water partition coefficient (Wildman–Crippen LogP) is 2.66. The molecule has 4 nitrogen and oxygen atoms in total. The maximum atomic E-state index is 10.8. The molecule has 2 aromatic rings. The molecule has 82 valence electrons. The molecule has 1 heterocycles. The third kappa shape index (κ3) is 1.86. The van der Waals surface area contributed by atoms with Gasteiger partial charge in [0.05, 0.1) is 23.6 Å². The second kappa shape index (κ2) is 4.49. The van der Waals surface area contributed by atoms with E-state index in [1.807, 2.05) is 18.2 Å². The van der Waals surface area contributed by atoms with E-state index in [9.17, 15) is 4.79 Å².